The Morgan fingerprint density at radius 2 is 2.10 bits per heavy atom. The number of anilines is 3. The van der Waals surface area contributed by atoms with Crippen molar-refractivity contribution in [2.75, 3.05) is 35.6 Å². The Bertz CT molecular complexity index is 552. The van der Waals surface area contributed by atoms with E-state index in [1.54, 1.807) is 0 Å². The van der Waals surface area contributed by atoms with Crippen LogP contribution in [-0.4, -0.2) is 44.7 Å². The predicted molar refractivity (Wildman–Crippen MR) is 72.2 cm³/mol. The number of nitrogens with one attached hydrogen (secondary N) is 1. The topological polar surface area (TPSA) is 119 Å². The van der Waals surface area contributed by atoms with Crippen molar-refractivity contribution in [3.05, 3.63) is 12.2 Å². The Morgan fingerprint density at radius 3 is 2.85 bits per heavy atom. The normalized spacial score (nSPS) is 14.7. The number of hydrogen-bond donors (Lipinski definition) is 2. The van der Waals surface area contributed by atoms with E-state index in [0.29, 0.717) is 30.7 Å². The third-order valence-electron chi connectivity index (χ3n) is 3.07. The maximum Gasteiger partial charge on any atom is 0.231 e. The summed E-state index contributed by atoms with van der Waals surface area (Å²) in [7, 11) is 0. The average Bonchev–Trinajstić information content (AvgIpc) is 3.11. The Kier molecular flexibility index (Phi) is 3.57. The van der Waals surface area contributed by atoms with Gasteiger partial charge in [-0.15, -0.1) is 0 Å². The fourth-order valence-corrected chi connectivity index (χ4v) is 2.11. The molecule has 2 aromatic heterocycles. The summed E-state index contributed by atoms with van der Waals surface area (Å²) >= 11 is 0. The summed E-state index contributed by atoms with van der Waals surface area (Å²) in [6.07, 6.45) is 4.25. The fourth-order valence-electron chi connectivity index (χ4n) is 2.11. The standard InChI is InChI=1S/C11H16N8O/c12-9-15-10(13-4-3-8-14-7-20-18-8)17-11(16-9)19-5-1-2-6-19/h7H,1-6H2,(H3,12,13,15,16,17). The lowest BCUT2D eigenvalue weighted by atomic mass is 10.4. The second-order valence-electron chi connectivity index (χ2n) is 4.54. The van der Waals surface area contributed by atoms with Gasteiger partial charge in [0.2, 0.25) is 24.2 Å². The predicted octanol–water partition coefficient (Wildman–Crippen LogP) is 0.0916. The SMILES string of the molecule is Nc1nc(NCCc2ncon2)nc(N2CCCC2)n1. The van der Waals surface area contributed by atoms with Crippen LogP contribution in [0.15, 0.2) is 10.9 Å². The second kappa shape index (κ2) is 5.68. The first kappa shape index (κ1) is 12.6. The molecular formula is C11H16N8O. The third kappa shape index (κ3) is 2.92. The van der Waals surface area contributed by atoms with Crippen molar-refractivity contribution in [2.24, 2.45) is 0 Å². The molecule has 0 aromatic carbocycles. The van der Waals surface area contributed by atoms with E-state index in [0.717, 1.165) is 25.9 Å². The summed E-state index contributed by atoms with van der Waals surface area (Å²) in [5, 5.41) is 6.83. The molecule has 0 atom stereocenters. The van der Waals surface area contributed by atoms with E-state index in [1.807, 2.05) is 0 Å². The smallest absolute Gasteiger partial charge is 0.231 e. The van der Waals surface area contributed by atoms with Crippen LogP contribution in [0.4, 0.5) is 17.8 Å². The first-order chi connectivity index (χ1) is 9.81. The summed E-state index contributed by atoms with van der Waals surface area (Å²) in [4.78, 5) is 18.7. The van der Waals surface area contributed by atoms with Gasteiger partial charge >= 0.3 is 0 Å². The van der Waals surface area contributed by atoms with E-state index in [-0.39, 0.29) is 5.95 Å². The van der Waals surface area contributed by atoms with Crippen molar-refractivity contribution in [2.45, 2.75) is 19.3 Å². The van der Waals surface area contributed by atoms with Crippen LogP contribution in [0.5, 0.6) is 0 Å². The largest absolute Gasteiger partial charge is 0.368 e. The fraction of sp³-hybridized carbons (Fsp3) is 0.545. The molecule has 9 heteroatoms. The highest BCUT2D eigenvalue weighted by Crippen LogP contribution is 2.17. The van der Waals surface area contributed by atoms with E-state index in [2.05, 4.69) is 39.8 Å². The molecule has 3 rings (SSSR count). The van der Waals surface area contributed by atoms with Gasteiger partial charge in [0.05, 0.1) is 0 Å². The Labute approximate surface area is 115 Å². The number of hydrogen-bond acceptors (Lipinski definition) is 9. The van der Waals surface area contributed by atoms with Gasteiger partial charge in [-0.2, -0.15) is 19.9 Å². The summed E-state index contributed by atoms with van der Waals surface area (Å²) < 4.78 is 4.67. The molecule has 3 N–H and O–H groups in total. The molecule has 9 nitrogen and oxygen atoms in total. The lowest BCUT2D eigenvalue weighted by Gasteiger charge is -2.15. The van der Waals surface area contributed by atoms with Gasteiger partial charge in [0.15, 0.2) is 5.82 Å². The van der Waals surface area contributed by atoms with Gasteiger partial charge in [-0.25, -0.2) is 0 Å². The molecule has 106 valence electrons. The minimum absolute atomic E-state index is 0.226. The zero-order valence-electron chi connectivity index (χ0n) is 11.0. The zero-order chi connectivity index (χ0) is 13.8. The summed E-state index contributed by atoms with van der Waals surface area (Å²) in [5.41, 5.74) is 5.72. The second-order valence-corrected chi connectivity index (χ2v) is 4.54. The molecule has 0 saturated carbocycles. The molecule has 1 aliphatic heterocycles. The van der Waals surface area contributed by atoms with E-state index >= 15 is 0 Å². The molecule has 20 heavy (non-hydrogen) atoms. The molecule has 2 aromatic rings. The van der Waals surface area contributed by atoms with Crippen LogP contribution in [0.25, 0.3) is 0 Å². The van der Waals surface area contributed by atoms with E-state index in [4.69, 9.17) is 5.73 Å². The molecular weight excluding hydrogens is 260 g/mol. The zero-order valence-corrected chi connectivity index (χ0v) is 11.0. The Hall–Kier alpha value is -2.45. The molecule has 0 bridgehead atoms. The van der Waals surface area contributed by atoms with Crippen LogP contribution < -0.4 is 16.0 Å². The lowest BCUT2D eigenvalue weighted by molar-refractivity contribution is 0.410. The van der Waals surface area contributed by atoms with Crippen molar-refractivity contribution in [3.8, 4) is 0 Å². The Morgan fingerprint density at radius 1 is 1.25 bits per heavy atom. The number of nitrogen functional groups attached to an aromatic ring is 1. The van der Waals surface area contributed by atoms with E-state index in [1.165, 1.54) is 6.39 Å². The van der Waals surface area contributed by atoms with Crippen molar-refractivity contribution < 1.29 is 4.52 Å². The lowest BCUT2D eigenvalue weighted by Crippen LogP contribution is -2.22. The molecule has 1 fully saturated rings. The number of rotatable bonds is 5. The van der Waals surface area contributed by atoms with Crippen LogP contribution in [0, 0.1) is 0 Å². The van der Waals surface area contributed by atoms with Crippen LogP contribution in [0.3, 0.4) is 0 Å². The van der Waals surface area contributed by atoms with Gasteiger partial charge in [-0.3, -0.25) is 0 Å². The minimum atomic E-state index is 0.226. The highest BCUT2D eigenvalue weighted by molar-refractivity contribution is 5.42. The Balaban J connectivity index is 1.63. The first-order valence-electron chi connectivity index (χ1n) is 6.57. The van der Waals surface area contributed by atoms with Gasteiger partial charge in [0.25, 0.3) is 0 Å². The number of aromatic nitrogens is 5. The molecule has 1 aliphatic rings. The molecule has 0 radical (unpaired) electrons. The van der Waals surface area contributed by atoms with E-state index in [9.17, 15) is 0 Å². The molecule has 0 spiro atoms. The highest BCUT2D eigenvalue weighted by Gasteiger charge is 2.16. The molecule has 0 amide bonds. The van der Waals surface area contributed by atoms with Crippen molar-refractivity contribution in [1.29, 1.82) is 0 Å². The number of nitrogens with zero attached hydrogens (tertiary/aromatic N) is 6. The number of nitrogens with two attached hydrogens (primary N) is 1. The van der Waals surface area contributed by atoms with Gasteiger partial charge < -0.3 is 20.5 Å². The monoisotopic (exact) mass is 276 g/mol. The van der Waals surface area contributed by atoms with Crippen LogP contribution in [0.2, 0.25) is 0 Å². The third-order valence-corrected chi connectivity index (χ3v) is 3.07. The first-order valence-corrected chi connectivity index (χ1v) is 6.57. The maximum atomic E-state index is 5.72. The van der Waals surface area contributed by atoms with Crippen molar-refractivity contribution in [1.82, 2.24) is 25.1 Å². The van der Waals surface area contributed by atoms with Crippen LogP contribution >= 0.6 is 0 Å². The summed E-state index contributed by atoms with van der Waals surface area (Å²) in [6, 6.07) is 0. The van der Waals surface area contributed by atoms with Gasteiger partial charge in [0, 0.05) is 26.1 Å². The summed E-state index contributed by atoms with van der Waals surface area (Å²) in [6.45, 7) is 2.53. The molecule has 3 heterocycles. The van der Waals surface area contributed by atoms with E-state index < -0.39 is 0 Å². The minimum Gasteiger partial charge on any atom is -0.368 e. The van der Waals surface area contributed by atoms with Crippen molar-refractivity contribution in [3.63, 3.8) is 0 Å². The van der Waals surface area contributed by atoms with Gasteiger partial charge in [0.1, 0.15) is 0 Å². The molecule has 0 aliphatic carbocycles. The molecule has 0 unspecified atom stereocenters. The van der Waals surface area contributed by atoms with Crippen molar-refractivity contribution >= 4 is 17.8 Å². The maximum absolute atomic E-state index is 5.72. The quantitative estimate of drug-likeness (QED) is 0.782. The summed E-state index contributed by atoms with van der Waals surface area (Å²) in [5.74, 6) is 1.98. The van der Waals surface area contributed by atoms with Crippen LogP contribution in [0.1, 0.15) is 18.7 Å². The average molecular weight is 276 g/mol. The van der Waals surface area contributed by atoms with Gasteiger partial charge in [-0.05, 0) is 12.8 Å². The highest BCUT2D eigenvalue weighted by atomic mass is 16.5. The molecule has 1 saturated heterocycles. The van der Waals surface area contributed by atoms with Gasteiger partial charge in [-0.1, -0.05) is 5.16 Å². The van der Waals surface area contributed by atoms with Crippen LogP contribution in [-0.2, 0) is 6.42 Å².